The van der Waals surface area contributed by atoms with Crippen LogP contribution in [-0.4, -0.2) is 28.7 Å². The molecule has 2 saturated carbocycles. The van der Waals surface area contributed by atoms with Crippen molar-refractivity contribution in [2.75, 3.05) is 0 Å². The van der Waals surface area contributed by atoms with E-state index in [4.69, 9.17) is 0 Å². The van der Waals surface area contributed by atoms with E-state index in [1.807, 2.05) is 0 Å². The van der Waals surface area contributed by atoms with Crippen LogP contribution < -0.4 is 10.6 Å². The molecule has 20 heavy (non-hydrogen) atoms. The molecule has 4 unspecified atom stereocenters. The molecule has 2 aliphatic carbocycles. The SMILES string of the molecule is CC1CCC(NC(=O)NC2(C(=O)O)CCCC(C)C2)C1. The summed E-state index contributed by atoms with van der Waals surface area (Å²) in [5.74, 6) is 0.0779. The molecule has 2 rings (SSSR count). The molecule has 5 nitrogen and oxygen atoms in total. The summed E-state index contributed by atoms with van der Waals surface area (Å²) in [7, 11) is 0. The second-order valence-electron chi connectivity index (χ2n) is 6.80. The average Bonchev–Trinajstić information content (AvgIpc) is 2.74. The number of aliphatic carboxylic acids is 1. The lowest BCUT2D eigenvalue weighted by Gasteiger charge is -2.37. The highest BCUT2D eigenvalue weighted by molar-refractivity contribution is 5.86. The van der Waals surface area contributed by atoms with E-state index in [0.717, 1.165) is 32.1 Å². The lowest BCUT2D eigenvalue weighted by Crippen LogP contribution is -2.59. The first kappa shape index (κ1) is 15.1. The Morgan fingerprint density at radius 1 is 1.15 bits per heavy atom. The highest BCUT2D eigenvalue weighted by Gasteiger charge is 2.43. The van der Waals surface area contributed by atoms with Crippen LogP contribution in [0.25, 0.3) is 0 Å². The largest absolute Gasteiger partial charge is 0.480 e. The van der Waals surface area contributed by atoms with Gasteiger partial charge in [0, 0.05) is 6.04 Å². The summed E-state index contributed by atoms with van der Waals surface area (Å²) in [5, 5.41) is 15.2. The van der Waals surface area contributed by atoms with Crippen LogP contribution in [0.3, 0.4) is 0 Å². The van der Waals surface area contributed by atoms with Gasteiger partial charge in [0.15, 0.2) is 0 Å². The monoisotopic (exact) mass is 282 g/mol. The molecule has 3 N–H and O–H groups in total. The molecule has 2 fully saturated rings. The molecule has 2 amide bonds. The van der Waals surface area contributed by atoms with Gasteiger partial charge in [-0.25, -0.2) is 9.59 Å². The quantitative estimate of drug-likeness (QED) is 0.744. The zero-order valence-corrected chi connectivity index (χ0v) is 12.4. The van der Waals surface area contributed by atoms with E-state index >= 15 is 0 Å². The minimum Gasteiger partial charge on any atom is -0.480 e. The van der Waals surface area contributed by atoms with Gasteiger partial charge in [-0.3, -0.25) is 0 Å². The van der Waals surface area contributed by atoms with Gasteiger partial charge >= 0.3 is 12.0 Å². The van der Waals surface area contributed by atoms with Gasteiger partial charge in [0.2, 0.25) is 0 Å². The molecular formula is C15H26N2O3. The van der Waals surface area contributed by atoms with Crippen molar-refractivity contribution in [3.8, 4) is 0 Å². The molecule has 0 aromatic heterocycles. The van der Waals surface area contributed by atoms with Crippen molar-refractivity contribution in [2.45, 2.75) is 70.4 Å². The van der Waals surface area contributed by atoms with Crippen molar-refractivity contribution >= 4 is 12.0 Å². The van der Waals surface area contributed by atoms with Crippen LogP contribution >= 0.6 is 0 Å². The van der Waals surface area contributed by atoms with Gasteiger partial charge in [-0.1, -0.05) is 26.7 Å². The maximum atomic E-state index is 12.1. The Kier molecular flexibility index (Phi) is 4.55. The van der Waals surface area contributed by atoms with Gasteiger partial charge in [-0.15, -0.1) is 0 Å². The van der Waals surface area contributed by atoms with Crippen LogP contribution in [0.15, 0.2) is 0 Å². The second-order valence-corrected chi connectivity index (χ2v) is 6.80. The maximum absolute atomic E-state index is 12.1. The van der Waals surface area contributed by atoms with E-state index in [9.17, 15) is 14.7 Å². The highest BCUT2D eigenvalue weighted by Crippen LogP contribution is 2.32. The van der Waals surface area contributed by atoms with Gasteiger partial charge < -0.3 is 15.7 Å². The standard InChI is InChI=1S/C15H26N2O3/c1-10-5-6-12(8-10)16-14(20)17-15(13(18)19)7-3-4-11(2)9-15/h10-12H,3-9H2,1-2H3,(H,18,19)(H2,16,17,20). The lowest BCUT2D eigenvalue weighted by atomic mass is 9.76. The van der Waals surface area contributed by atoms with E-state index < -0.39 is 11.5 Å². The van der Waals surface area contributed by atoms with Crippen molar-refractivity contribution in [1.29, 1.82) is 0 Å². The third kappa shape index (κ3) is 3.44. The number of carboxylic acids is 1. The fraction of sp³-hybridized carbons (Fsp3) is 0.867. The predicted octanol–water partition coefficient (Wildman–Crippen LogP) is 2.51. The van der Waals surface area contributed by atoms with Crippen LogP contribution in [0.4, 0.5) is 4.79 Å². The molecule has 0 bridgehead atoms. The van der Waals surface area contributed by atoms with Crippen LogP contribution in [-0.2, 0) is 4.79 Å². The van der Waals surface area contributed by atoms with Crippen LogP contribution in [0.2, 0.25) is 0 Å². The number of urea groups is 1. The number of amides is 2. The molecular weight excluding hydrogens is 256 g/mol. The zero-order chi connectivity index (χ0) is 14.8. The van der Waals surface area contributed by atoms with Crippen molar-refractivity contribution in [1.82, 2.24) is 10.6 Å². The Morgan fingerprint density at radius 3 is 2.45 bits per heavy atom. The van der Waals surface area contributed by atoms with Crippen molar-refractivity contribution < 1.29 is 14.7 Å². The summed E-state index contributed by atoms with van der Waals surface area (Å²) in [6.45, 7) is 4.23. The molecule has 0 saturated heterocycles. The number of hydrogen-bond acceptors (Lipinski definition) is 2. The number of carbonyl (C=O) groups is 2. The van der Waals surface area contributed by atoms with E-state index in [1.165, 1.54) is 0 Å². The van der Waals surface area contributed by atoms with Crippen molar-refractivity contribution in [3.63, 3.8) is 0 Å². The lowest BCUT2D eigenvalue weighted by molar-refractivity contribution is -0.146. The summed E-state index contributed by atoms with van der Waals surface area (Å²) < 4.78 is 0. The van der Waals surface area contributed by atoms with E-state index in [1.54, 1.807) is 0 Å². The maximum Gasteiger partial charge on any atom is 0.329 e. The Balaban J connectivity index is 1.94. The van der Waals surface area contributed by atoms with Gasteiger partial charge in [0.05, 0.1) is 0 Å². The third-order valence-electron chi connectivity index (χ3n) is 4.79. The summed E-state index contributed by atoms with van der Waals surface area (Å²) in [5.41, 5.74) is -1.08. The Hall–Kier alpha value is -1.26. The molecule has 2 aliphatic rings. The second kappa shape index (κ2) is 6.02. The summed E-state index contributed by atoms with van der Waals surface area (Å²) >= 11 is 0. The predicted molar refractivity (Wildman–Crippen MR) is 76.5 cm³/mol. The molecule has 114 valence electrons. The average molecular weight is 282 g/mol. The normalized spacial score (nSPS) is 37.4. The Morgan fingerprint density at radius 2 is 1.90 bits per heavy atom. The molecule has 0 heterocycles. The van der Waals surface area contributed by atoms with Gasteiger partial charge in [-0.2, -0.15) is 0 Å². The zero-order valence-electron chi connectivity index (χ0n) is 12.4. The highest BCUT2D eigenvalue weighted by atomic mass is 16.4. The number of rotatable bonds is 3. The third-order valence-corrected chi connectivity index (χ3v) is 4.79. The van der Waals surface area contributed by atoms with Crippen LogP contribution in [0.1, 0.15) is 58.8 Å². The molecule has 0 aliphatic heterocycles. The van der Waals surface area contributed by atoms with Crippen molar-refractivity contribution in [3.05, 3.63) is 0 Å². The number of carbonyl (C=O) groups excluding carboxylic acids is 1. The number of nitrogens with one attached hydrogen (secondary N) is 2. The number of carboxylic acid groups (broad SMARTS) is 1. The topological polar surface area (TPSA) is 78.4 Å². The molecule has 0 radical (unpaired) electrons. The summed E-state index contributed by atoms with van der Waals surface area (Å²) in [6.07, 6.45) is 6.06. The van der Waals surface area contributed by atoms with Crippen LogP contribution in [0, 0.1) is 11.8 Å². The summed E-state index contributed by atoms with van der Waals surface area (Å²) in [6, 6.07) is -0.127. The van der Waals surface area contributed by atoms with Gasteiger partial charge in [-0.05, 0) is 43.9 Å². The Bertz CT molecular complexity index is 385. The minimum absolute atomic E-state index is 0.192. The van der Waals surface area contributed by atoms with Gasteiger partial charge in [0.25, 0.3) is 0 Å². The molecule has 0 aromatic carbocycles. The fourth-order valence-corrected chi connectivity index (χ4v) is 3.69. The smallest absolute Gasteiger partial charge is 0.329 e. The van der Waals surface area contributed by atoms with E-state index in [-0.39, 0.29) is 12.1 Å². The first-order chi connectivity index (χ1) is 9.41. The van der Waals surface area contributed by atoms with E-state index in [2.05, 4.69) is 24.5 Å². The summed E-state index contributed by atoms with van der Waals surface area (Å²) in [4.78, 5) is 23.7. The molecule has 4 atom stereocenters. The Labute approximate surface area is 120 Å². The number of hydrogen-bond donors (Lipinski definition) is 3. The van der Waals surface area contributed by atoms with Crippen LogP contribution in [0.5, 0.6) is 0 Å². The van der Waals surface area contributed by atoms with Crippen molar-refractivity contribution in [2.24, 2.45) is 11.8 Å². The first-order valence-corrected chi connectivity index (χ1v) is 7.73. The van der Waals surface area contributed by atoms with Gasteiger partial charge in [0.1, 0.15) is 5.54 Å². The fourth-order valence-electron chi connectivity index (χ4n) is 3.69. The molecule has 0 aromatic rings. The first-order valence-electron chi connectivity index (χ1n) is 7.73. The minimum atomic E-state index is -1.08. The van der Waals surface area contributed by atoms with E-state index in [0.29, 0.717) is 24.7 Å². The molecule has 5 heteroatoms. The molecule has 0 spiro atoms.